The van der Waals surface area contributed by atoms with E-state index in [4.69, 9.17) is 0 Å². The summed E-state index contributed by atoms with van der Waals surface area (Å²) in [7, 11) is -3.90. The number of nitrogens with one attached hydrogen (secondary N) is 4. The number of sulfonamides is 1. The van der Waals surface area contributed by atoms with Crippen molar-refractivity contribution in [1.82, 2.24) is 10.2 Å². The lowest BCUT2D eigenvalue weighted by atomic mass is 10.1. The van der Waals surface area contributed by atoms with Gasteiger partial charge in [-0.2, -0.15) is 5.10 Å². The van der Waals surface area contributed by atoms with Gasteiger partial charge in [0.2, 0.25) is 5.91 Å². The van der Waals surface area contributed by atoms with Gasteiger partial charge < -0.3 is 10.6 Å². The summed E-state index contributed by atoms with van der Waals surface area (Å²) in [4.78, 5) is 25.3. The zero-order valence-electron chi connectivity index (χ0n) is 20.7. The minimum Gasteiger partial charge on any atom is -0.326 e. The van der Waals surface area contributed by atoms with E-state index in [1.54, 1.807) is 48.5 Å². The van der Waals surface area contributed by atoms with E-state index in [1.807, 2.05) is 13.8 Å². The number of aromatic nitrogens is 2. The predicted molar refractivity (Wildman–Crippen MR) is 151 cm³/mol. The van der Waals surface area contributed by atoms with Crippen LogP contribution in [0.15, 0.2) is 82.2 Å². The molecule has 0 aliphatic carbocycles. The van der Waals surface area contributed by atoms with Crippen molar-refractivity contribution >= 4 is 54.8 Å². The van der Waals surface area contributed by atoms with Crippen LogP contribution in [0, 0.1) is 13.8 Å². The number of hydrogen-bond donors (Lipinski definition) is 4. The molecular formula is C27H26BrN5O4S. The summed E-state index contributed by atoms with van der Waals surface area (Å²) in [5.41, 5.74) is 4.40. The molecule has 0 radical (unpaired) electrons. The van der Waals surface area contributed by atoms with Crippen LogP contribution >= 0.6 is 15.9 Å². The second-order valence-electron chi connectivity index (χ2n) is 8.64. The third-order valence-corrected chi connectivity index (χ3v) is 7.70. The monoisotopic (exact) mass is 595 g/mol. The number of anilines is 3. The molecule has 1 aromatic heterocycles. The smallest absolute Gasteiger partial charge is 0.261 e. The molecule has 4 rings (SSSR count). The normalized spacial score (nSPS) is 11.1. The Balaban J connectivity index is 1.40. The first-order valence-electron chi connectivity index (χ1n) is 11.7. The zero-order valence-corrected chi connectivity index (χ0v) is 23.1. The fraction of sp³-hybridized carbons (Fsp3) is 0.148. The number of nitrogens with zero attached hydrogens (tertiary/aromatic N) is 1. The summed E-state index contributed by atoms with van der Waals surface area (Å²) in [6.07, 6.45) is 0.847. The predicted octanol–water partition coefficient (Wildman–Crippen LogP) is 5.41. The van der Waals surface area contributed by atoms with Crippen LogP contribution in [0.5, 0.6) is 0 Å². The summed E-state index contributed by atoms with van der Waals surface area (Å²) >= 11 is 3.31. The molecule has 0 spiro atoms. The summed E-state index contributed by atoms with van der Waals surface area (Å²) in [5.74, 6) is -0.648. The van der Waals surface area contributed by atoms with Crippen molar-refractivity contribution in [1.29, 1.82) is 0 Å². The Morgan fingerprint density at radius 3 is 2.26 bits per heavy atom. The lowest BCUT2D eigenvalue weighted by molar-refractivity contribution is -0.116. The minimum atomic E-state index is -3.90. The van der Waals surface area contributed by atoms with E-state index in [0.717, 1.165) is 21.4 Å². The first-order valence-corrected chi connectivity index (χ1v) is 14.0. The maximum atomic E-state index is 12.9. The van der Waals surface area contributed by atoms with Crippen molar-refractivity contribution in [3.05, 3.63) is 99.8 Å². The molecule has 1 heterocycles. The lowest BCUT2D eigenvalue weighted by Crippen LogP contribution is -2.16. The average molecular weight is 597 g/mol. The third kappa shape index (κ3) is 6.87. The Morgan fingerprint density at radius 1 is 0.895 bits per heavy atom. The molecule has 2 amide bonds. The number of rotatable bonds is 9. The molecule has 9 nitrogen and oxygen atoms in total. The van der Waals surface area contributed by atoms with E-state index < -0.39 is 15.9 Å². The Labute approximate surface area is 229 Å². The number of halogens is 1. The van der Waals surface area contributed by atoms with E-state index >= 15 is 0 Å². The Kier molecular flexibility index (Phi) is 8.28. The SMILES string of the molecule is Cc1n[nH]c(C)c1CCC(=O)Nc1cccc(NC(=O)c2cccc(S(=O)(=O)Nc3ccc(Br)cc3)c2)c1. The standard InChI is InChI=1S/C27H26BrN5O4S/c1-17-25(18(2)32-31-17)13-14-26(34)29-22-6-4-7-23(16-22)30-27(35)19-5-3-8-24(15-19)38(36,37)33-21-11-9-20(28)10-12-21/h3-12,15-16,33H,13-14H2,1-2H3,(H,29,34)(H,30,35)(H,31,32). The van der Waals surface area contributed by atoms with Crippen LogP contribution in [0.3, 0.4) is 0 Å². The third-order valence-electron chi connectivity index (χ3n) is 5.79. The molecule has 4 N–H and O–H groups in total. The molecule has 4 aromatic rings. The highest BCUT2D eigenvalue weighted by Gasteiger charge is 2.17. The summed E-state index contributed by atoms with van der Waals surface area (Å²) in [6.45, 7) is 3.82. The van der Waals surface area contributed by atoms with Gasteiger partial charge in [-0.25, -0.2) is 8.42 Å². The first kappa shape index (κ1) is 27.1. The number of carbonyl (C=O) groups is 2. The quantitative estimate of drug-likeness (QED) is 0.205. The van der Waals surface area contributed by atoms with Gasteiger partial charge in [0.25, 0.3) is 15.9 Å². The summed E-state index contributed by atoms with van der Waals surface area (Å²) in [6, 6.07) is 19.2. The van der Waals surface area contributed by atoms with Crippen LogP contribution in [-0.4, -0.2) is 30.4 Å². The maximum absolute atomic E-state index is 12.9. The van der Waals surface area contributed by atoms with Gasteiger partial charge in [-0.05, 0) is 86.5 Å². The van der Waals surface area contributed by atoms with Crippen LogP contribution in [0.2, 0.25) is 0 Å². The fourth-order valence-corrected chi connectivity index (χ4v) is 5.19. The van der Waals surface area contributed by atoms with Gasteiger partial charge in [0.15, 0.2) is 0 Å². The van der Waals surface area contributed by atoms with E-state index in [9.17, 15) is 18.0 Å². The van der Waals surface area contributed by atoms with Gasteiger partial charge in [0, 0.05) is 39.2 Å². The van der Waals surface area contributed by atoms with E-state index in [1.165, 1.54) is 24.3 Å². The van der Waals surface area contributed by atoms with Gasteiger partial charge in [-0.15, -0.1) is 0 Å². The number of H-pyrrole nitrogens is 1. The number of amides is 2. The molecule has 0 aliphatic heterocycles. The molecule has 0 fully saturated rings. The molecule has 0 saturated carbocycles. The summed E-state index contributed by atoms with van der Waals surface area (Å²) in [5, 5.41) is 12.7. The van der Waals surface area contributed by atoms with E-state index in [-0.39, 0.29) is 22.8 Å². The maximum Gasteiger partial charge on any atom is 0.261 e. The van der Waals surface area contributed by atoms with Crippen LogP contribution in [-0.2, 0) is 21.2 Å². The summed E-state index contributed by atoms with van der Waals surface area (Å²) < 4.78 is 29.0. The molecule has 196 valence electrons. The highest BCUT2D eigenvalue weighted by Crippen LogP contribution is 2.21. The molecule has 0 saturated heterocycles. The Morgan fingerprint density at radius 2 is 1.58 bits per heavy atom. The molecule has 11 heteroatoms. The number of aromatic amines is 1. The van der Waals surface area contributed by atoms with Crippen molar-refractivity contribution in [2.45, 2.75) is 31.6 Å². The van der Waals surface area contributed by atoms with Crippen molar-refractivity contribution in [2.24, 2.45) is 0 Å². The van der Waals surface area contributed by atoms with E-state index in [2.05, 4.69) is 41.5 Å². The van der Waals surface area contributed by atoms with Gasteiger partial charge in [-0.3, -0.25) is 19.4 Å². The van der Waals surface area contributed by atoms with Crippen LogP contribution in [0.25, 0.3) is 0 Å². The minimum absolute atomic E-state index is 0.0443. The van der Waals surface area contributed by atoms with Gasteiger partial charge in [-0.1, -0.05) is 28.1 Å². The second-order valence-corrected chi connectivity index (χ2v) is 11.2. The molecule has 0 unspecified atom stereocenters. The molecule has 0 aliphatic rings. The van der Waals surface area contributed by atoms with Gasteiger partial charge in [0.05, 0.1) is 10.6 Å². The van der Waals surface area contributed by atoms with Gasteiger partial charge >= 0.3 is 0 Å². The van der Waals surface area contributed by atoms with Crippen molar-refractivity contribution in [3.63, 3.8) is 0 Å². The number of carbonyl (C=O) groups excluding carboxylic acids is 2. The molecular weight excluding hydrogens is 570 g/mol. The highest BCUT2D eigenvalue weighted by atomic mass is 79.9. The van der Waals surface area contributed by atoms with Gasteiger partial charge in [0.1, 0.15) is 0 Å². The fourth-order valence-electron chi connectivity index (χ4n) is 3.82. The number of hydrogen-bond acceptors (Lipinski definition) is 5. The van der Waals surface area contributed by atoms with E-state index in [0.29, 0.717) is 23.5 Å². The Bertz CT molecular complexity index is 1560. The van der Waals surface area contributed by atoms with Crippen LogP contribution < -0.4 is 15.4 Å². The van der Waals surface area contributed by atoms with Crippen molar-refractivity contribution in [3.8, 4) is 0 Å². The topological polar surface area (TPSA) is 133 Å². The Hall–Kier alpha value is -3.96. The zero-order chi connectivity index (χ0) is 27.3. The number of aryl methyl sites for hydroxylation is 2. The number of benzene rings is 3. The molecule has 0 atom stereocenters. The molecule has 38 heavy (non-hydrogen) atoms. The molecule has 0 bridgehead atoms. The second kappa shape index (κ2) is 11.6. The average Bonchev–Trinajstić information content (AvgIpc) is 3.21. The highest BCUT2D eigenvalue weighted by molar-refractivity contribution is 9.10. The van der Waals surface area contributed by atoms with Crippen molar-refractivity contribution < 1.29 is 18.0 Å². The largest absolute Gasteiger partial charge is 0.326 e. The van der Waals surface area contributed by atoms with Crippen molar-refractivity contribution in [2.75, 3.05) is 15.4 Å². The van der Waals surface area contributed by atoms with Crippen LogP contribution in [0.4, 0.5) is 17.1 Å². The first-order chi connectivity index (χ1) is 18.1. The van der Waals surface area contributed by atoms with Crippen LogP contribution in [0.1, 0.15) is 33.7 Å². The lowest BCUT2D eigenvalue weighted by Gasteiger charge is -2.11. The molecule has 3 aromatic carbocycles.